The predicted molar refractivity (Wildman–Crippen MR) is 127 cm³/mol. The van der Waals surface area contributed by atoms with E-state index in [-0.39, 0.29) is 17.9 Å². The van der Waals surface area contributed by atoms with Crippen LogP contribution in [0.15, 0.2) is 28.7 Å². The van der Waals surface area contributed by atoms with Crippen molar-refractivity contribution in [2.45, 2.75) is 77.2 Å². The number of hydrogen-bond acceptors (Lipinski definition) is 5. The van der Waals surface area contributed by atoms with Crippen molar-refractivity contribution < 1.29 is 9.21 Å². The Bertz CT molecular complexity index is 868. The van der Waals surface area contributed by atoms with Crippen molar-refractivity contribution in [1.82, 2.24) is 15.1 Å². The van der Waals surface area contributed by atoms with E-state index < -0.39 is 0 Å². The highest BCUT2D eigenvalue weighted by Crippen LogP contribution is 2.30. The van der Waals surface area contributed by atoms with Crippen molar-refractivity contribution in [1.29, 1.82) is 0 Å². The lowest BCUT2D eigenvalue weighted by Crippen LogP contribution is -2.48. The van der Waals surface area contributed by atoms with Crippen LogP contribution < -0.4 is 5.32 Å². The van der Waals surface area contributed by atoms with Crippen LogP contribution in [0.1, 0.15) is 76.2 Å². The highest BCUT2D eigenvalue weighted by molar-refractivity contribution is 6.30. The van der Waals surface area contributed by atoms with E-state index in [4.69, 9.17) is 16.0 Å². The van der Waals surface area contributed by atoms with Gasteiger partial charge in [0.1, 0.15) is 6.04 Å². The van der Waals surface area contributed by atoms with Gasteiger partial charge >= 0.3 is 6.01 Å². The maximum absolute atomic E-state index is 13.3. The van der Waals surface area contributed by atoms with Crippen molar-refractivity contribution in [3.8, 4) is 0 Å². The van der Waals surface area contributed by atoms with Crippen molar-refractivity contribution in [3.63, 3.8) is 0 Å². The second kappa shape index (κ2) is 10.7. The van der Waals surface area contributed by atoms with Gasteiger partial charge in [0.25, 0.3) is 0 Å². The number of nitrogens with zero attached hydrogens (tertiary/aromatic N) is 3. The molecule has 1 saturated heterocycles. The van der Waals surface area contributed by atoms with Crippen LogP contribution in [0.5, 0.6) is 0 Å². The molecule has 174 valence electrons. The first-order valence-corrected chi connectivity index (χ1v) is 12.5. The first kappa shape index (κ1) is 23.1. The molecule has 0 spiro atoms. The molecule has 1 N–H and O–H groups in total. The number of nitrogens with one attached hydrogen (secondary N) is 1. The Morgan fingerprint density at radius 3 is 2.44 bits per heavy atom. The van der Waals surface area contributed by atoms with Gasteiger partial charge in [0.2, 0.25) is 11.8 Å². The minimum Gasteiger partial charge on any atom is -0.408 e. The van der Waals surface area contributed by atoms with E-state index in [0.29, 0.717) is 23.7 Å². The molecule has 4 rings (SSSR count). The molecule has 1 amide bonds. The molecule has 1 atom stereocenters. The first-order valence-electron chi connectivity index (χ1n) is 12.1. The van der Waals surface area contributed by atoms with Crippen LogP contribution in [0.25, 0.3) is 0 Å². The molecule has 1 aromatic carbocycles. The molecule has 2 heterocycles. The van der Waals surface area contributed by atoms with E-state index in [2.05, 4.69) is 41.5 Å². The van der Waals surface area contributed by atoms with E-state index in [1.807, 2.05) is 17.0 Å². The highest BCUT2D eigenvalue weighted by atomic mass is 35.5. The monoisotopic (exact) mass is 458 g/mol. The molecule has 7 heteroatoms. The molecule has 6 nitrogen and oxygen atoms in total. The second-order valence-electron chi connectivity index (χ2n) is 9.73. The molecule has 2 aromatic rings. The molecule has 2 aliphatic rings. The summed E-state index contributed by atoms with van der Waals surface area (Å²) in [7, 11) is 0. The maximum Gasteiger partial charge on any atom is 0.316 e. The number of anilines is 1. The molecule has 0 radical (unpaired) electrons. The Morgan fingerprint density at radius 1 is 1.09 bits per heavy atom. The normalized spacial score (nSPS) is 19.3. The third-order valence-corrected chi connectivity index (χ3v) is 7.27. The van der Waals surface area contributed by atoms with Crippen LogP contribution in [0.4, 0.5) is 6.01 Å². The number of rotatable bonds is 7. The van der Waals surface area contributed by atoms with Crippen LogP contribution >= 0.6 is 11.6 Å². The van der Waals surface area contributed by atoms with Crippen molar-refractivity contribution in [2.75, 3.05) is 18.4 Å². The van der Waals surface area contributed by atoms with Gasteiger partial charge in [-0.15, -0.1) is 5.10 Å². The standard InChI is InChI=1S/C25H35ClN4O2/c1-17(2)23(27-25-29-28-22(32-25)16-18-6-4-3-5-7-18)24(31)30-14-12-20(13-15-30)19-8-10-21(26)11-9-19/h8-11,17-18,20,23H,3-7,12-16H2,1-2H3,(H,27,29). The average molecular weight is 459 g/mol. The zero-order valence-corrected chi connectivity index (χ0v) is 20.0. The van der Waals surface area contributed by atoms with Gasteiger partial charge in [0.05, 0.1) is 0 Å². The summed E-state index contributed by atoms with van der Waals surface area (Å²) in [5.41, 5.74) is 1.30. The number of carbonyl (C=O) groups is 1. The lowest BCUT2D eigenvalue weighted by atomic mass is 9.87. The summed E-state index contributed by atoms with van der Waals surface area (Å²) in [6.07, 6.45) is 9.17. The summed E-state index contributed by atoms with van der Waals surface area (Å²) in [5.74, 6) is 2.02. The second-order valence-corrected chi connectivity index (χ2v) is 10.2. The zero-order chi connectivity index (χ0) is 22.5. The molecule has 1 unspecified atom stereocenters. The van der Waals surface area contributed by atoms with E-state index in [0.717, 1.165) is 37.4 Å². The Labute approximate surface area is 196 Å². The molecule has 1 aromatic heterocycles. The number of amides is 1. The SMILES string of the molecule is CC(C)C(Nc1nnc(CC2CCCCC2)o1)C(=O)N1CCC(c2ccc(Cl)cc2)CC1. The molecule has 32 heavy (non-hydrogen) atoms. The van der Waals surface area contributed by atoms with Crippen LogP contribution in [-0.4, -0.2) is 40.1 Å². The summed E-state index contributed by atoms with van der Waals surface area (Å²) in [6.45, 7) is 5.62. The third-order valence-electron chi connectivity index (χ3n) is 7.01. The molecular weight excluding hydrogens is 424 g/mol. The minimum atomic E-state index is -0.370. The van der Waals surface area contributed by atoms with Gasteiger partial charge in [0.15, 0.2) is 0 Å². The molecule has 2 fully saturated rings. The molecular formula is C25H35ClN4O2. The molecule has 1 aliphatic heterocycles. The number of halogens is 1. The van der Waals surface area contributed by atoms with Gasteiger partial charge < -0.3 is 14.6 Å². The Kier molecular flexibility index (Phi) is 7.71. The highest BCUT2D eigenvalue weighted by Gasteiger charge is 2.31. The Morgan fingerprint density at radius 2 is 1.78 bits per heavy atom. The van der Waals surface area contributed by atoms with Gasteiger partial charge in [-0.05, 0) is 61.1 Å². The van der Waals surface area contributed by atoms with Crippen molar-refractivity contribution in [3.05, 3.63) is 40.7 Å². The summed E-state index contributed by atoms with van der Waals surface area (Å²) >= 11 is 6.02. The first-order chi connectivity index (χ1) is 15.5. The Balaban J connectivity index is 1.32. The number of likely N-dealkylation sites (tertiary alicyclic amines) is 1. The van der Waals surface area contributed by atoms with Gasteiger partial charge in [-0.3, -0.25) is 4.79 Å². The largest absolute Gasteiger partial charge is 0.408 e. The third kappa shape index (κ3) is 5.83. The predicted octanol–water partition coefficient (Wildman–Crippen LogP) is 5.69. The lowest BCUT2D eigenvalue weighted by Gasteiger charge is -2.35. The van der Waals surface area contributed by atoms with Crippen LogP contribution in [0.2, 0.25) is 5.02 Å². The van der Waals surface area contributed by atoms with Gasteiger partial charge in [-0.1, -0.05) is 61.9 Å². The van der Waals surface area contributed by atoms with Gasteiger partial charge in [0, 0.05) is 24.5 Å². The summed E-state index contributed by atoms with van der Waals surface area (Å²) in [5, 5.41) is 12.4. The van der Waals surface area contributed by atoms with Crippen LogP contribution in [0, 0.1) is 11.8 Å². The number of carbonyl (C=O) groups excluding carboxylic acids is 1. The van der Waals surface area contributed by atoms with Gasteiger partial charge in [-0.2, -0.15) is 0 Å². The smallest absolute Gasteiger partial charge is 0.316 e. The molecule has 0 bridgehead atoms. The molecule has 1 saturated carbocycles. The van der Waals surface area contributed by atoms with E-state index >= 15 is 0 Å². The molecule has 1 aliphatic carbocycles. The Hall–Kier alpha value is -2.08. The summed E-state index contributed by atoms with van der Waals surface area (Å²) < 4.78 is 5.87. The fraction of sp³-hybridized carbons (Fsp3) is 0.640. The van der Waals surface area contributed by atoms with Gasteiger partial charge in [-0.25, -0.2) is 0 Å². The number of benzene rings is 1. The quantitative estimate of drug-likeness (QED) is 0.577. The number of aromatic nitrogens is 2. The minimum absolute atomic E-state index is 0.113. The summed E-state index contributed by atoms with van der Waals surface area (Å²) in [6, 6.07) is 8.08. The van der Waals surface area contributed by atoms with E-state index in [1.165, 1.54) is 37.7 Å². The van der Waals surface area contributed by atoms with E-state index in [1.54, 1.807) is 0 Å². The fourth-order valence-corrected chi connectivity index (χ4v) is 5.17. The summed E-state index contributed by atoms with van der Waals surface area (Å²) in [4.78, 5) is 15.3. The van der Waals surface area contributed by atoms with Crippen LogP contribution in [-0.2, 0) is 11.2 Å². The van der Waals surface area contributed by atoms with Crippen molar-refractivity contribution >= 4 is 23.5 Å². The van der Waals surface area contributed by atoms with Crippen molar-refractivity contribution in [2.24, 2.45) is 11.8 Å². The van der Waals surface area contributed by atoms with E-state index in [9.17, 15) is 4.79 Å². The van der Waals surface area contributed by atoms with Crippen LogP contribution in [0.3, 0.4) is 0 Å². The number of hydrogen-bond donors (Lipinski definition) is 1. The average Bonchev–Trinajstić information content (AvgIpc) is 3.25. The lowest BCUT2D eigenvalue weighted by molar-refractivity contribution is -0.134. The zero-order valence-electron chi connectivity index (χ0n) is 19.2. The fourth-order valence-electron chi connectivity index (χ4n) is 5.04. The topological polar surface area (TPSA) is 71.3 Å². The number of piperidine rings is 1. The maximum atomic E-state index is 13.3.